The van der Waals surface area contributed by atoms with Crippen molar-refractivity contribution >= 4 is 29.0 Å². The van der Waals surface area contributed by atoms with Crippen LogP contribution in [0.15, 0.2) is 6.07 Å². The SMILES string of the molecule is CC(=O)O.CC(=O)O.Cc1cc(N)c(N)c(C)c1N.[Ar]. The largest absolute Gasteiger partial charge is 0.481 e. The van der Waals surface area contributed by atoms with Crippen molar-refractivity contribution in [2.75, 3.05) is 17.2 Å². The summed E-state index contributed by atoms with van der Waals surface area (Å²) in [5, 5.41) is 14.8. The molecule has 0 heterocycles. The van der Waals surface area contributed by atoms with Crippen molar-refractivity contribution in [3.05, 3.63) is 17.2 Å². The molecule has 0 aliphatic carbocycles. The van der Waals surface area contributed by atoms with Crippen LogP contribution in [0.2, 0.25) is 0 Å². The Hall–Kier alpha value is -1.18. The molecule has 0 atom stereocenters. The number of carboxylic acids is 2. The first-order chi connectivity index (χ1) is 8.50. The molecule has 0 spiro atoms. The molecule has 0 aliphatic rings. The van der Waals surface area contributed by atoms with E-state index in [1.165, 1.54) is 0 Å². The molecule has 0 saturated heterocycles. The van der Waals surface area contributed by atoms with Gasteiger partial charge in [0.05, 0.1) is 11.4 Å². The van der Waals surface area contributed by atoms with Crippen LogP contribution in [0.1, 0.15) is 25.0 Å². The Bertz CT molecular complexity index is 418. The first-order valence-electron chi connectivity index (χ1n) is 5.30. The number of anilines is 3. The van der Waals surface area contributed by atoms with Crippen molar-refractivity contribution < 1.29 is 57.5 Å². The number of aliphatic carboxylic acids is 2. The molecule has 0 saturated carbocycles. The summed E-state index contributed by atoms with van der Waals surface area (Å²) in [5.74, 6) is -1.67. The van der Waals surface area contributed by atoms with Crippen LogP contribution in [0.4, 0.5) is 17.1 Å². The van der Waals surface area contributed by atoms with Crippen molar-refractivity contribution in [2.45, 2.75) is 27.7 Å². The predicted octanol–water partition coefficient (Wildman–Crippen LogP) is 1.23. The predicted molar refractivity (Wildman–Crippen MR) is 75.8 cm³/mol. The second kappa shape index (κ2) is 11.6. The van der Waals surface area contributed by atoms with E-state index >= 15 is 0 Å². The molecular weight excluding hydrogens is 290 g/mol. The van der Waals surface area contributed by atoms with Gasteiger partial charge in [-0.3, -0.25) is 9.59 Å². The Morgan fingerprint density at radius 1 is 0.950 bits per heavy atom. The first kappa shape index (κ1) is 23.9. The van der Waals surface area contributed by atoms with Crippen LogP contribution >= 0.6 is 0 Å². The van der Waals surface area contributed by atoms with Gasteiger partial charge in [-0.1, -0.05) is 0 Å². The van der Waals surface area contributed by atoms with E-state index in [4.69, 9.17) is 37.0 Å². The van der Waals surface area contributed by atoms with Crippen LogP contribution in [-0.4, -0.2) is 22.2 Å². The number of nitrogens with two attached hydrogens (primary N) is 3. The summed E-state index contributed by atoms with van der Waals surface area (Å²) in [6.45, 7) is 5.95. The second-order valence-electron chi connectivity index (χ2n) is 3.77. The van der Waals surface area contributed by atoms with Gasteiger partial charge in [0.1, 0.15) is 0 Å². The standard InChI is InChI=1S/C8H13N3.2C2H4O2.Ar/c1-4-3-6(9)8(11)5(2)7(4)10;2*1-2(3)4;/h3H,9-11H2,1-2H3;2*1H3,(H,3,4);. The van der Waals surface area contributed by atoms with E-state index < -0.39 is 11.9 Å². The minimum atomic E-state index is -0.833. The third kappa shape index (κ3) is 11.9. The molecule has 0 fully saturated rings. The summed E-state index contributed by atoms with van der Waals surface area (Å²) in [4.78, 5) is 18.0. The Kier molecular flexibility index (Phi) is 13.9. The quantitative estimate of drug-likeness (QED) is 0.452. The minimum absolute atomic E-state index is 0. The molecule has 7 nitrogen and oxygen atoms in total. The number of hydrogen-bond donors (Lipinski definition) is 5. The van der Waals surface area contributed by atoms with Gasteiger partial charge in [-0.2, -0.15) is 0 Å². The van der Waals surface area contributed by atoms with Crippen LogP contribution < -0.4 is 17.2 Å². The number of hydrogen-bond acceptors (Lipinski definition) is 5. The summed E-state index contributed by atoms with van der Waals surface area (Å²) in [7, 11) is 0. The molecule has 20 heavy (non-hydrogen) atoms. The Morgan fingerprint density at radius 2 is 1.25 bits per heavy atom. The number of benzene rings is 1. The van der Waals surface area contributed by atoms with Gasteiger partial charge in [0.15, 0.2) is 0 Å². The normalized spacial score (nSPS) is 8.00. The maximum absolute atomic E-state index is 9.00. The van der Waals surface area contributed by atoms with E-state index in [1.807, 2.05) is 13.8 Å². The van der Waals surface area contributed by atoms with Crippen molar-refractivity contribution in [3.63, 3.8) is 0 Å². The Labute approximate surface area is 148 Å². The molecular formula is C12H21ArN3O4. The molecule has 0 aromatic heterocycles. The maximum atomic E-state index is 9.00. The zero-order chi connectivity index (χ0) is 15.7. The molecule has 0 unspecified atom stereocenters. The topological polar surface area (TPSA) is 153 Å². The van der Waals surface area contributed by atoms with Crippen molar-refractivity contribution in [2.24, 2.45) is 0 Å². The van der Waals surface area contributed by atoms with Crippen molar-refractivity contribution in [3.8, 4) is 0 Å². The van der Waals surface area contributed by atoms with Gasteiger partial charge in [-0.25, -0.2) is 0 Å². The number of aryl methyl sites for hydroxylation is 1. The fourth-order valence-corrected chi connectivity index (χ4v) is 1.05. The van der Waals surface area contributed by atoms with Crippen molar-refractivity contribution in [1.29, 1.82) is 0 Å². The smallest absolute Gasteiger partial charge is 0.300 e. The molecule has 0 aliphatic heterocycles. The summed E-state index contributed by atoms with van der Waals surface area (Å²) >= 11 is 0. The van der Waals surface area contributed by atoms with E-state index in [0.29, 0.717) is 11.4 Å². The second-order valence-corrected chi connectivity index (χ2v) is 3.77. The molecule has 1 aromatic carbocycles. The van der Waals surface area contributed by atoms with Gasteiger partial charge in [0, 0.05) is 57.3 Å². The van der Waals surface area contributed by atoms with Gasteiger partial charge >= 0.3 is 0 Å². The van der Waals surface area contributed by atoms with Gasteiger partial charge < -0.3 is 27.4 Å². The van der Waals surface area contributed by atoms with E-state index in [9.17, 15) is 0 Å². The Morgan fingerprint density at radius 3 is 1.55 bits per heavy atom. The third-order valence-corrected chi connectivity index (χ3v) is 1.92. The molecule has 116 valence electrons. The molecule has 8 N–H and O–H groups in total. The van der Waals surface area contributed by atoms with Crippen LogP contribution in [0, 0.1) is 51.6 Å². The van der Waals surface area contributed by atoms with Crippen LogP contribution in [0.5, 0.6) is 0 Å². The average Bonchev–Trinajstić information content (AvgIpc) is 2.22. The van der Waals surface area contributed by atoms with E-state index in [-0.39, 0.29) is 37.7 Å². The minimum Gasteiger partial charge on any atom is -0.481 e. The number of nitrogen functional groups attached to an aromatic ring is 3. The van der Waals surface area contributed by atoms with E-state index in [2.05, 4.69) is 0 Å². The first-order valence-corrected chi connectivity index (χ1v) is 5.30. The zero-order valence-corrected chi connectivity index (χ0v) is 12.6. The molecule has 1 aromatic rings. The molecule has 0 amide bonds. The number of carboxylic acid groups (broad SMARTS) is 2. The van der Waals surface area contributed by atoms with E-state index in [1.54, 1.807) is 6.07 Å². The van der Waals surface area contributed by atoms with Gasteiger partial charge in [0.25, 0.3) is 11.9 Å². The number of carbonyl (C=O) groups is 2. The monoisotopic (exact) mass is 311 g/mol. The van der Waals surface area contributed by atoms with Gasteiger partial charge in [-0.05, 0) is 31.0 Å². The molecule has 0 bridgehead atoms. The van der Waals surface area contributed by atoms with Crippen LogP contribution in [0.3, 0.4) is 0 Å². The van der Waals surface area contributed by atoms with E-state index in [0.717, 1.165) is 30.7 Å². The number of rotatable bonds is 0. The van der Waals surface area contributed by atoms with Crippen molar-refractivity contribution in [1.82, 2.24) is 0 Å². The fourth-order valence-electron chi connectivity index (χ4n) is 1.05. The van der Waals surface area contributed by atoms with Gasteiger partial charge in [0.2, 0.25) is 0 Å². The third-order valence-electron chi connectivity index (χ3n) is 1.92. The summed E-state index contributed by atoms with van der Waals surface area (Å²) < 4.78 is 0. The fraction of sp³-hybridized carbons (Fsp3) is 0.333. The van der Waals surface area contributed by atoms with Crippen LogP contribution in [0.25, 0.3) is 0 Å². The average molecular weight is 311 g/mol. The summed E-state index contributed by atoms with van der Waals surface area (Å²) in [6, 6.07) is 1.79. The maximum Gasteiger partial charge on any atom is 0.300 e. The van der Waals surface area contributed by atoms with Crippen LogP contribution in [-0.2, 0) is 9.59 Å². The molecule has 0 radical (unpaired) electrons. The molecule has 8 heteroatoms. The zero-order valence-electron chi connectivity index (χ0n) is 11.9. The Balaban J connectivity index is -0.000000272. The van der Waals surface area contributed by atoms with Gasteiger partial charge in [-0.15, -0.1) is 0 Å². The molecule has 1 rings (SSSR count). The summed E-state index contributed by atoms with van der Waals surface area (Å²) in [5.41, 5.74) is 20.8. The summed E-state index contributed by atoms with van der Waals surface area (Å²) in [6.07, 6.45) is 0.